The average Bonchev–Trinajstić information content (AvgIpc) is 3.25. The largest absolute Gasteiger partial charge is 0.396 e. The molecule has 6 rings (SSSR count). The van der Waals surface area contributed by atoms with Gasteiger partial charge in [0.2, 0.25) is 5.91 Å². The Kier molecular flexibility index (Phi) is 6.01. The maximum Gasteiger partial charge on any atom is 0.258 e. The highest BCUT2D eigenvalue weighted by molar-refractivity contribution is 5.83. The monoisotopic (exact) mass is 479 g/mol. The molecule has 4 aliphatic rings. The van der Waals surface area contributed by atoms with Crippen LogP contribution in [0.25, 0.3) is 11.1 Å². The highest BCUT2D eigenvalue weighted by atomic mass is 19.1. The van der Waals surface area contributed by atoms with E-state index >= 15 is 0 Å². The molecule has 186 valence electrons. The predicted octanol–water partition coefficient (Wildman–Crippen LogP) is 3.33. The number of rotatable bonds is 7. The van der Waals surface area contributed by atoms with E-state index < -0.39 is 0 Å². The van der Waals surface area contributed by atoms with Crippen molar-refractivity contribution in [3.05, 3.63) is 58.3 Å². The Bertz CT molecular complexity index is 1170. The summed E-state index contributed by atoms with van der Waals surface area (Å²) in [5, 5.41) is 13.6. The van der Waals surface area contributed by atoms with Crippen molar-refractivity contribution in [2.45, 2.75) is 57.2 Å². The number of nitrogens with zero attached hydrogens (tertiary/aromatic N) is 2. The quantitative estimate of drug-likeness (QED) is 0.639. The molecule has 2 aliphatic heterocycles. The van der Waals surface area contributed by atoms with Crippen molar-refractivity contribution in [1.82, 2.24) is 14.8 Å². The minimum absolute atomic E-state index is 0.00598. The van der Waals surface area contributed by atoms with Crippen LogP contribution in [0.15, 0.2) is 41.2 Å². The van der Waals surface area contributed by atoms with Crippen molar-refractivity contribution in [3.8, 4) is 11.1 Å². The van der Waals surface area contributed by atoms with E-state index in [1.807, 2.05) is 6.07 Å². The number of pyridine rings is 1. The van der Waals surface area contributed by atoms with Gasteiger partial charge in [-0.25, -0.2) is 4.39 Å². The third-order valence-electron chi connectivity index (χ3n) is 8.80. The number of likely N-dealkylation sites (tertiary alicyclic amines) is 1. The van der Waals surface area contributed by atoms with Crippen LogP contribution in [0, 0.1) is 29.5 Å². The first kappa shape index (κ1) is 22.9. The standard InChI is InChI=1S/C28H34FN3O3/c29-20-7-3-6-19(12-20)21-10-11-24-25-22(15-31(24)28(21)35)23(16-33)26(27(34)30-13-17-8-9-17)32(25)14-18-4-1-2-5-18/h3,6-7,10-12,17-18,22-23,25-26,33H,1-2,4-5,8-9,13-16H2,(H,30,34)/t22-,23-,25+,26-/m0/s1. The molecule has 1 saturated heterocycles. The van der Waals surface area contributed by atoms with Crippen LogP contribution in [0.1, 0.15) is 50.3 Å². The molecule has 35 heavy (non-hydrogen) atoms. The number of hydrogen-bond donors (Lipinski definition) is 2. The first-order valence-electron chi connectivity index (χ1n) is 13.2. The Morgan fingerprint density at radius 3 is 2.60 bits per heavy atom. The fourth-order valence-electron chi connectivity index (χ4n) is 6.85. The Morgan fingerprint density at radius 1 is 1.09 bits per heavy atom. The molecule has 6 nitrogen and oxygen atoms in total. The lowest BCUT2D eigenvalue weighted by molar-refractivity contribution is -0.128. The maximum absolute atomic E-state index is 13.8. The lowest BCUT2D eigenvalue weighted by atomic mass is 9.88. The molecular weight excluding hydrogens is 445 g/mol. The Hall–Kier alpha value is -2.51. The van der Waals surface area contributed by atoms with Crippen molar-refractivity contribution in [1.29, 1.82) is 0 Å². The number of aliphatic hydroxyl groups is 1. The zero-order valence-corrected chi connectivity index (χ0v) is 20.0. The molecule has 1 aromatic heterocycles. The smallest absolute Gasteiger partial charge is 0.258 e. The van der Waals surface area contributed by atoms with Crippen molar-refractivity contribution >= 4 is 5.91 Å². The summed E-state index contributed by atoms with van der Waals surface area (Å²) in [5.41, 5.74) is 1.83. The molecule has 2 saturated carbocycles. The van der Waals surface area contributed by atoms with E-state index in [-0.39, 0.29) is 47.8 Å². The van der Waals surface area contributed by atoms with Gasteiger partial charge in [0.1, 0.15) is 5.82 Å². The zero-order valence-electron chi connectivity index (χ0n) is 20.0. The van der Waals surface area contributed by atoms with Gasteiger partial charge in [-0.05, 0) is 67.3 Å². The zero-order chi connectivity index (χ0) is 24.1. The first-order valence-corrected chi connectivity index (χ1v) is 13.2. The van der Waals surface area contributed by atoms with Gasteiger partial charge in [-0.3, -0.25) is 14.5 Å². The number of aromatic nitrogens is 1. The Balaban J connectivity index is 1.36. The molecule has 2 aromatic rings. The molecule has 1 amide bonds. The fraction of sp³-hybridized carbons (Fsp3) is 0.571. The second-order valence-corrected chi connectivity index (χ2v) is 11.0. The average molecular weight is 480 g/mol. The van der Waals surface area contributed by atoms with Crippen LogP contribution in [-0.2, 0) is 11.3 Å². The van der Waals surface area contributed by atoms with Gasteiger partial charge in [0.25, 0.3) is 5.56 Å². The minimum atomic E-state index is -0.374. The lowest BCUT2D eigenvalue weighted by Gasteiger charge is -2.32. The Morgan fingerprint density at radius 2 is 1.89 bits per heavy atom. The summed E-state index contributed by atoms with van der Waals surface area (Å²) in [6.07, 6.45) is 7.13. The number of amides is 1. The topological polar surface area (TPSA) is 74.6 Å². The molecular formula is C28H34FN3O3. The van der Waals surface area contributed by atoms with E-state index in [1.54, 1.807) is 22.8 Å². The predicted molar refractivity (Wildman–Crippen MR) is 131 cm³/mol. The number of fused-ring (bicyclic) bond motifs is 3. The molecule has 2 aliphatic carbocycles. The highest BCUT2D eigenvalue weighted by Gasteiger charge is 2.55. The molecule has 3 heterocycles. The highest BCUT2D eigenvalue weighted by Crippen LogP contribution is 2.50. The van der Waals surface area contributed by atoms with Gasteiger partial charge in [0.15, 0.2) is 0 Å². The van der Waals surface area contributed by atoms with Crippen LogP contribution in [-0.4, -0.2) is 46.2 Å². The number of aliphatic hydroxyl groups excluding tert-OH is 1. The van der Waals surface area contributed by atoms with Crippen LogP contribution in [0.4, 0.5) is 4.39 Å². The van der Waals surface area contributed by atoms with E-state index in [2.05, 4.69) is 10.2 Å². The van der Waals surface area contributed by atoms with Gasteiger partial charge in [-0.1, -0.05) is 25.0 Å². The van der Waals surface area contributed by atoms with Crippen molar-refractivity contribution in [2.75, 3.05) is 19.7 Å². The van der Waals surface area contributed by atoms with Gasteiger partial charge < -0.3 is 15.0 Å². The van der Waals surface area contributed by atoms with Gasteiger partial charge in [-0.2, -0.15) is 0 Å². The Labute approximate surface area is 205 Å². The number of benzene rings is 1. The van der Waals surface area contributed by atoms with Crippen LogP contribution >= 0.6 is 0 Å². The van der Waals surface area contributed by atoms with Crippen molar-refractivity contribution in [2.24, 2.45) is 23.7 Å². The summed E-state index contributed by atoms with van der Waals surface area (Å²) in [6, 6.07) is 9.47. The van der Waals surface area contributed by atoms with E-state index in [0.29, 0.717) is 36.1 Å². The number of carbonyl (C=O) groups excluding carboxylic acids is 1. The lowest BCUT2D eigenvalue weighted by Crippen LogP contribution is -2.49. The van der Waals surface area contributed by atoms with Gasteiger partial charge in [0, 0.05) is 49.3 Å². The van der Waals surface area contributed by atoms with Gasteiger partial charge in [0.05, 0.1) is 12.1 Å². The number of halogens is 1. The SMILES string of the molecule is O=C(NCC1CC1)[C@@H]1[C@@H](CO)[C@@H]2Cn3c(ccc(-c4cccc(F)c4)c3=O)[C@@H]2N1CC1CCCC1. The molecule has 0 unspecified atom stereocenters. The third-order valence-corrected chi connectivity index (χ3v) is 8.80. The van der Waals surface area contributed by atoms with Gasteiger partial charge in [-0.15, -0.1) is 0 Å². The second-order valence-electron chi connectivity index (χ2n) is 11.0. The second kappa shape index (κ2) is 9.17. The van der Waals surface area contributed by atoms with E-state index in [9.17, 15) is 19.1 Å². The summed E-state index contributed by atoms with van der Waals surface area (Å²) in [5.74, 6) is 0.558. The first-order chi connectivity index (χ1) is 17.0. The van der Waals surface area contributed by atoms with Crippen molar-refractivity contribution < 1.29 is 14.3 Å². The molecule has 1 aromatic carbocycles. The molecule has 0 radical (unpaired) electrons. The van der Waals surface area contributed by atoms with Crippen molar-refractivity contribution in [3.63, 3.8) is 0 Å². The number of carbonyl (C=O) groups is 1. The summed E-state index contributed by atoms with van der Waals surface area (Å²) < 4.78 is 15.6. The van der Waals surface area contributed by atoms with Crippen LogP contribution in [0.5, 0.6) is 0 Å². The molecule has 0 spiro atoms. The van der Waals surface area contributed by atoms with Crippen LogP contribution < -0.4 is 10.9 Å². The summed E-state index contributed by atoms with van der Waals surface area (Å²) in [7, 11) is 0. The van der Waals surface area contributed by atoms with Crippen LogP contribution in [0.3, 0.4) is 0 Å². The molecule has 0 bridgehead atoms. The molecule has 2 N–H and O–H groups in total. The maximum atomic E-state index is 13.8. The number of nitrogens with one attached hydrogen (secondary N) is 1. The molecule has 4 atom stereocenters. The third kappa shape index (κ3) is 4.12. The van der Waals surface area contributed by atoms with E-state index in [0.717, 1.165) is 12.2 Å². The molecule has 7 heteroatoms. The molecule has 3 fully saturated rings. The van der Waals surface area contributed by atoms with Crippen LogP contribution in [0.2, 0.25) is 0 Å². The normalized spacial score (nSPS) is 28.3. The fourth-order valence-corrected chi connectivity index (χ4v) is 6.85. The minimum Gasteiger partial charge on any atom is -0.396 e. The summed E-state index contributed by atoms with van der Waals surface area (Å²) in [4.78, 5) is 29.3. The number of hydrogen-bond acceptors (Lipinski definition) is 4. The van der Waals surface area contributed by atoms with E-state index in [1.165, 1.54) is 50.7 Å². The van der Waals surface area contributed by atoms with Gasteiger partial charge >= 0.3 is 0 Å². The summed E-state index contributed by atoms with van der Waals surface area (Å²) in [6.45, 7) is 1.93. The summed E-state index contributed by atoms with van der Waals surface area (Å²) >= 11 is 0. The van der Waals surface area contributed by atoms with E-state index in [4.69, 9.17) is 0 Å².